The number of thiazole rings is 1. The third kappa shape index (κ3) is 2.29. The minimum absolute atomic E-state index is 0.0615. The van der Waals surface area contributed by atoms with Crippen LogP contribution in [0, 0.1) is 0 Å². The van der Waals surface area contributed by atoms with Gasteiger partial charge in [0.05, 0.1) is 11.7 Å². The SMILES string of the molecule is CCC(C)(C)c1csc(C(C)N)n1. The highest BCUT2D eigenvalue weighted by atomic mass is 32.1. The van der Waals surface area contributed by atoms with Crippen molar-refractivity contribution in [3.63, 3.8) is 0 Å². The van der Waals surface area contributed by atoms with Crippen LogP contribution in [0.1, 0.15) is 50.9 Å². The average Bonchev–Trinajstić information content (AvgIpc) is 2.52. The third-order valence-electron chi connectivity index (χ3n) is 2.49. The molecule has 13 heavy (non-hydrogen) atoms. The summed E-state index contributed by atoms with van der Waals surface area (Å²) in [6, 6.07) is 0.0615. The maximum atomic E-state index is 5.76. The van der Waals surface area contributed by atoms with Gasteiger partial charge in [-0.05, 0) is 13.3 Å². The van der Waals surface area contributed by atoms with Crippen LogP contribution in [0.15, 0.2) is 5.38 Å². The number of nitrogens with zero attached hydrogens (tertiary/aromatic N) is 1. The second-order valence-electron chi connectivity index (χ2n) is 4.10. The summed E-state index contributed by atoms with van der Waals surface area (Å²) in [5.74, 6) is 0. The topological polar surface area (TPSA) is 38.9 Å². The maximum Gasteiger partial charge on any atom is 0.109 e. The number of hydrogen-bond donors (Lipinski definition) is 1. The van der Waals surface area contributed by atoms with Crippen LogP contribution in [0.5, 0.6) is 0 Å². The van der Waals surface area contributed by atoms with Crippen LogP contribution in [0.2, 0.25) is 0 Å². The summed E-state index contributed by atoms with van der Waals surface area (Å²) in [6.45, 7) is 8.59. The highest BCUT2D eigenvalue weighted by Gasteiger charge is 2.21. The normalized spacial score (nSPS) is 14.5. The molecule has 0 saturated heterocycles. The zero-order valence-corrected chi connectivity index (χ0v) is 9.61. The maximum absolute atomic E-state index is 5.76. The van der Waals surface area contributed by atoms with E-state index in [2.05, 4.69) is 31.1 Å². The van der Waals surface area contributed by atoms with Gasteiger partial charge in [0.25, 0.3) is 0 Å². The quantitative estimate of drug-likeness (QED) is 0.811. The summed E-state index contributed by atoms with van der Waals surface area (Å²) in [5.41, 5.74) is 7.12. The van der Waals surface area contributed by atoms with E-state index in [1.165, 1.54) is 5.69 Å². The summed E-state index contributed by atoms with van der Waals surface area (Å²) in [6.07, 6.45) is 1.11. The Morgan fingerprint density at radius 3 is 2.62 bits per heavy atom. The summed E-state index contributed by atoms with van der Waals surface area (Å²) < 4.78 is 0. The van der Waals surface area contributed by atoms with Crippen LogP contribution in [0.4, 0.5) is 0 Å². The lowest BCUT2D eigenvalue weighted by Crippen LogP contribution is -2.16. The molecule has 0 amide bonds. The molecule has 1 atom stereocenters. The van der Waals surface area contributed by atoms with Gasteiger partial charge in [-0.3, -0.25) is 0 Å². The summed E-state index contributed by atoms with van der Waals surface area (Å²) >= 11 is 1.66. The highest BCUT2D eigenvalue weighted by Crippen LogP contribution is 2.29. The number of aromatic nitrogens is 1. The van der Waals surface area contributed by atoms with E-state index in [-0.39, 0.29) is 11.5 Å². The lowest BCUT2D eigenvalue weighted by molar-refractivity contribution is 0.491. The Morgan fingerprint density at radius 1 is 1.62 bits per heavy atom. The van der Waals surface area contributed by atoms with E-state index in [9.17, 15) is 0 Å². The van der Waals surface area contributed by atoms with E-state index in [1.54, 1.807) is 11.3 Å². The van der Waals surface area contributed by atoms with Gasteiger partial charge < -0.3 is 5.73 Å². The van der Waals surface area contributed by atoms with Gasteiger partial charge in [0.2, 0.25) is 0 Å². The van der Waals surface area contributed by atoms with Gasteiger partial charge >= 0.3 is 0 Å². The number of nitrogens with two attached hydrogens (primary N) is 1. The summed E-state index contributed by atoms with van der Waals surface area (Å²) in [7, 11) is 0. The molecule has 0 aliphatic carbocycles. The molecule has 0 spiro atoms. The fraction of sp³-hybridized carbons (Fsp3) is 0.700. The molecule has 3 heteroatoms. The molecule has 0 bridgehead atoms. The van der Waals surface area contributed by atoms with E-state index in [1.807, 2.05) is 6.92 Å². The molecule has 0 aliphatic rings. The van der Waals surface area contributed by atoms with Crippen molar-refractivity contribution < 1.29 is 0 Å². The van der Waals surface area contributed by atoms with Gasteiger partial charge in [-0.15, -0.1) is 11.3 Å². The first-order valence-electron chi connectivity index (χ1n) is 4.69. The molecule has 1 heterocycles. The number of hydrogen-bond acceptors (Lipinski definition) is 3. The number of rotatable bonds is 3. The fourth-order valence-electron chi connectivity index (χ4n) is 0.989. The van der Waals surface area contributed by atoms with Crippen molar-refractivity contribution in [2.45, 2.75) is 45.6 Å². The van der Waals surface area contributed by atoms with Crippen molar-refractivity contribution in [3.05, 3.63) is 16.1 Å². The molecule has 1 rings (SSSR count). The standard InChI is InChI=1S/C10H18N2S/c1-5-10(3,4)8-6-13-9(12-8)7(2)11/h6-7H,5,11H2,1-4H3. The van der Waals surface area contributed by atoms with Crippen molar-refractivity contribution in [1.82, 2.24) is 4.98 Å². The van der Waals surface area contributed by atoms with Crippen molar-refractivity contribution in [2.75, 3.05) is 0 Å². The molecule has 1 unspecified atom stereocenters. The summed E-state index contributed by atoms with van der Waals surface area (Å²) in [5, 5.41) is 3.17. The predicted octanol–water partition coefficient (Wildman–Crippen LogP) is 2.85. The van der Waals surface area contributed by atoms with E-state index in [0.717, 1.165) is 11.4 Å². The Balaban J connectivity index is 2.91. The minimum atomic E-state index is 0.0615. The fourth-order valence-corrected chi connectivity index (χ4v) is 1.96. The van der Waals surface area contributed by atoms with Gasteiger partial charge in [0.15, 0.2) is 0 Å². The Hall–Kier alpha value is -0.410. The van der Waals surface area contributed by atoms with Crippen molar-refractivity contribution in [3.8, 4) is 0 Å². The predicted molar refractivity (Wildman–Crippen MR) is 58.0 cm³/mol. The van der Waals surface area contributed by atoms with Gasteiger partial charge in [-0.2, -0.15) is 0 Å². The lowest BCUT2D eigenvalue weighted by Gasteiger charge is -2.19. The van der Waals surface area contributed by atoms with E-state index < -0.39 is 0 Å². The van der Waals surface area contributed by atoms with Gasteiger partial charge in [0.1, 0.15) is 5.01 Å². The Morgan fingerprint density at radius 2 is 2.23 bits per heavy atom. The van der Waals surface area contributed by atoms with Crippen molar-refractivity contribution in [2.24, 2.45) is 5.73 Å². The van der Waals surface area contributed by atoms with Crippen LogP contribution in [0.25, 0.3) is 0 Å². The molecule has 0 fully saturated rings. The van der Waals surface area contributed by atoms with Crippen LogP contribution in [-0.4, -0.2) is 4.98 Å². The first-order valence-corrected chi connectivity index (χ1v) is 5.57. The molecular formula is C10H18N2S. The Labute approximate surface area is 84.2 Å². The Kier molecular flexibility index (Phi) is 3.09. The smallest absolute Gasteiger partial charge is 0.109 e. The molecule has 0 aliphatic heterocycles. The third-order valence-corrected chi connectivity index (χ3v) is 3.53. The van der Waals surface area contributed by atoms with Gasteiger partial charge in [-0.1, -0.05) is 20.8 Å². The van der Waals surface area contributed by atoms with Gasteiger partial charge in [0, 0.05) is 10.8 Å². The second-order valence-corrected chi connectivity index (χ2v) is 4.99. The molecular weight excluding hydrogens is 180 g/mol. The largest absolute Gasteiger partial charge is 0.322 e. The molecule has 2 N–H and O–H groups in total. The summed E-state index contributed by atoms with van der Waals surface area (Å²) in [4.78, 5) is 4.55. The molecule has 1 aromatic rings. The highest BCUT2D eigenvalue weighted by molar-refractivity contribution is 7.09. The monoisotopic (exact) mass is 198 g/mol. The molecule has 74 valence electrons. The van der Waals surface area contributed by atoms with Crippen molar-refractivity contribution in [1.29, 1.82) is 0 Å². The minimum Gasteiger partial charge on any atom is -0.322 e. The van der Waals surface area contributed by atoms with Crippen LogP contribution >= 0.6 is 11.3 Å². The zero-order chi connectivity index (χ0) is 10.1. The molecule has 1 aromatic heterocycles. The zero-order valence-electron chi connectivity index (χ0n) is 8.79. The first kappa shape index (κ1) is 10.7. The average molecular weight is 198 g/mol. The molecule has 0 aromatic carbocycles. The van der Waals surface area contributed by atoms with E-state index in [4.69, 9.17) is 5.73 Å². The first-order chi connectivity index (χ1) is 5.97. The molecule has 0 saturated carbocycles. The second kappa shape index (κ2) is 3.76. The molecule has 2 nitrogen and oxygen atoms in total. The molecule has 0 radical (unpaired) electrons. The Bertz CT molecular complexity index is 276. The lowest BCUT2D eigenvalue weighted by atomic mass is 9.87. The van der Waals surface area contributed by atoms with Gasteiger partial charge in [-0.25, -0.2) is 4.98 Å². The van der Waals surface area contributed by atoms with Crippen LogP contribution in [-0.2, 0) is 5.41 Å². The van der Waals surface area contributed by atoms with Crippen LogP contribution in [0.3, 0.4) is 0 Å². The van der Waals surface area contributed by atoms with E-state index >= 15 is 0 Å². The van der Waals surface area contributed by atoms with E-state index in [0.29, 0.717) is 0 Å². The van der Waals surface area contributed by atoms with Crippen LogP contribution < -0.4 is 5.73 Å². The van der Waals surface area contributed by atoms with Crippen molar-refractivity contribution >= 4 is 11.3 Å².